The van der Waals surface area contributed by atoms with Crippen molar-refractivity contribution in [2.45, 2.75) is 24.4 Å². The molecule has 1 fully saturated rings. The van der Waals surface area contributed by atoms with Crippen LogP contribution in [0.2, 0.25) is 0 Å². The van der Waals surface area contributed by atoms with Gasteiger partial charge in [0.15, 0.2) is 0 Å². The van der Waals surface area contributed by atoms with E-state index in [1.54, 1.807) is 0 Å². The maximum atomic E-state index is 11.6. The number of aliphatic hydroxyl groups is 3. The Labute approximate surface area is 101 Å². The molecule has 1 aliphatic rings. The first-order chi connectivity index (χ1) is 8.45. The second-order valence-corrected chi connectivity index (χ2v) is 4.21. The number of hydrogen-bond acceptors (Lipinski definition) is 6. The maximum Gasteiger partial charge on any atom is 0.328 e. The van der Waals surface area contributed by atoms with Crippen LogP contribution in [0, 0.1) is 0 Å². The Balaban J connectivity index is 2.42. The van der Waals surface area contributed by atoms with Crippen molar-refractivity contribution in [1.82, 2.24) is 9.55 Å². The third-order valence-electron chi connectivity index (χ3n) is 2.98. The Kier molecular flexibility index (Phi) is 3.35. The molecule has 18 heavy (non-hydrogen) atoms. The van der Waals surface area contributed by atoms with Crippen LogP contribution < -0.4 is 11.2 Å². The topological polar surface area (TPSA) is 125 Å². The van der Waals surface area contributed by atoms with Crippen molar-refractivity contribution in [2.75, 3.05) is 6.61 Å². The van der Waals surface area contributed by atoms with Gasteiger partial charge in [0.1, 0.15) is 24.4 Å². The Morgan fingerprint density at radius 2 is 2.06 bits per heavy atom. The Morgan fingerprint density at radius 1 is 1.39 bits per heavy atom. The smallest absolute Gasteiger partial charge is 0.328 e. The lowest BCUT2D eigenvalue weighted by atomic mass is 10.0. The lowest BCUT2D eigenvalue weighted by Crippen LogP contribution is -2.35. The van der Waals surface area contributed by atoms with Crippen LogP contribution in [-0.4, -0.2) is 49.8 Å². The molecule has 0 radical (unpaired) electrons. The first-order valence-electron chi connectivity index (χ1n) is 5.38. The fourth-order valence-electron chi connectivity index (χ4n) is 1.94. The predicted octanol–water partition coefficient (Wildman–Crippen LogP) is -2.77. The van der Waals surface area contributed by atoms with Crippen molar-refractivity contribution in [1.29, 1.82) is 0 Å². The van der Waals surface area contributed by atoms with E-state index in [1.165, 1.54) is 13.2 Å². The van der Waals surface area contributed by atoms with E-state index >= 15 is 0 Å². The van der Waals surface area contributed by atoms with Crippen LogP contribution in [-0.2, 0) is 11.8 Å². The number of ether oxygens (including phenoxy) is 1. The molecule has 8 nitrogen and oxygen atoms in total. The minimum atomic E-state index is -1.33. The minimum Gasteiger partial charge on any atom is -0.394 e. The summed E-state index contributed by atoms with van der Waals surface area (Å²) in [5.74, 6) is 0. The molecule has 0 spiro atoms. The van der Waals surface area contributed by atoms with Crippen LogP contribution in [0.1, 0.15) is 11.7 Å². The molecule has 1 aliphatic heterocycles. The number of aliphatic hydroxyl groups excluding tert-OH is 3. The molecule has 4 N–H and O–H groups in total. The highest BCUT2D eigenvalue weighted by molar-refractivity contribution is 5.14. The summed E-state index contributed by atoms with van der Waals surface area (Å²) >= 11 is 0. The molecule has 1 aromatic rings. The second-order valence-electron chi connectivity index (χ2n) is 4.21. The van der Waals surface area contributed by atoms with E-state index in [1.807, 2.05) is 0 Å². The Morgan fingerprint density at radius 3 is 2.61 bits per heavy atom. The van der Waals surface area contributed by atoms with Crippen LogP contribution in [0.25, 0.3) is 0 Å². The molecule has 0 unspecified atom stereocenters. The van der Waals surface area contributed by atoms with E-state index in [-0.39, 0.29) is 5.56 Å². The number of nitrogens with one attached hydrogen (secondary N) is 1. The molecule has 4 atom stereocenters. The largest absolute Gasteiger partial charge is 0.394 e. The van der Waals surface area contributed by atoms with Crippen molar-refractivity contribution in [2.24, 2.45) is 7.05 Å². The zero-order chi connectivity index (χ0) is 13.4. The molecule has 8 heteroatoms. The molecule has 100 valence electrons. The molecule has 0 amide bonds. The monoisotopic (exact) mass is 258 g/mol. The molecule has 2 heterocycles. The van der Waals surface area contributed by atoms with Gasteiger partial charge in [-0.3, -0.25) is 9.78 Å². The third-order valence-corrected chi connectivity index (χ3v) is 2.98. The van der Waals surface area contributed by atoms with Gasteiger partial charge in [0, 0.05) is 13.2 Å². The second kappa shape index (κ2) is 4.65. The third kappa shape index (κ3) is 1.99. The summed E-state index contributed by atoms with van der Waals surface area (Å²) in [5, 5.41) is 28.3. The number of aromatic amines is 1. The predicted molar refractivity (Wildman–Crippen MR) is 59.0 cm³/mol. The van der Waals surface area contributed by atoms with Crippen LogP contribution >= 0.6 is 0 Å². The lowest BCUT2D eigenvalue weighted by molar-refractivity contribution is -0.0233. The molecule has 2 rings (SSSR count). The van der Waals surface area contributed by atoms with Gasteiger partial charge in [0.05, 0.1) is 12.2 Å². The SMILES string of the molecule is Cn1cc([C@@H]2O[C@H](CO)[C@H](O)[C@@H]2O)c(=O)[nH]c1=O. The standard InChI is InChI=1S/C10H14N2O6/c1-12-2-4(9(16)11-10(12)17)8-7(15)6(14)5(3-13)18-8/h2,5-8,13-15H,3H2,1H3,(H,11,16,17)/t5-,6+,7+,8+/m1/s1. The number of hydrogen-bond donors (Lipinski definition) is 4. The van der Waals surface area contributed by atoms with Gasteiger partial charge in [-0.05, 0) is 0 Å². The number of rotatable bonds is 2. The first-order valence-corrected chi connectivity index (χ1v) is 5.38. The zero-order valence-electron chi connectivity index (χ0n) is 9.61. The molecular weight excluding hydrogens is 244 g/mol. The van der Waals surface area contributed by atoms with E-state index in [0.717, 1.165) is 4.57 Å². The van der Waals surface area contributed by atoms with Crippen LogP contribution in [0.4, 0.5) is 0 Å². The van der Waals surface area contributed by atoms with Crippen molar-refractivity contribution in [3.63, 3.8) is 0 Å². The van der Waals surface area contributed by atoms with Crippen molar-refractivity contribution < 1.29 is 20.1 Å². The number of aromatic nitrogens is 2. The van der Waals surface area contributed by atoms with Gasteiger partial charge in [-0.1, -0.05) is 0 Å². The molecule has 0 aromatic carbocycles. The van der Waals surface area contributed by atoms with Gasteiger partial charge in [-0.2, -0.15) is 0 Å². The fraction of sp³-hybridized carbons (Fsp3) is 0.600. The van der Waals surface area contributed by atoms with Gasteiger partial charge in [0.25, 0.3) is 5.56 Å². The highest BCUT2D eigenvalue weighted by Crippen LogP contribution is 2.31. The van der Waals surface area contributed by atoms with Crippen molar-refractivity contribution in [3.05, 3.63) is 32.6 Å². The minimum absolute atomic E-state index is 0.0274. The molecule has 0 bridgehead atoms. The summed E-state index contributed by atoms with van der Waals surface area (Å²) in [6, 6.07) is 0. The highest BCUT2D eigenvalue weighted by Gasteiger charge is 2.44. The number of H-pyrrole nitrogens is 1. The lowest BCUT2D eigenvalue weighted by Gasteiger charge is -2.14. The van der Waals surface area contributed by atoms with Crippen LogP contribution in [0.15, 0.2) is 15.8 Å². The normalized spacial score (nSPS) is 31.8. The zero-order valence-corrected chi connectivity index (χ0v) is 9.61. The van der Waals surface area contributed by atoms with Crippen LogP contribution in [0.3, 0.4) is 0 Å². The van der Waals surface area contributed by atoms with Crippen molar-refractivity contribution in [3.8, 4) is 0 Å². The summed E-state index contributed by atoms with van der Waals surface area (Å²) in [5.41, 5.74) is -1.25. The van der Waals surface area contributed by atoms with E-state index in [9.17, 15) is 19.8 Å². The van der Waals surface area contributed by atoms with Gasteiger partial charge in [-0.25, -0.2) is 4.79 Å². The van der Waals surface area contributed by atoms with Crippen LogP contribution in [0.5, 0.6) is 0 Å². The number of nitrogens with zero attached hydrogens (tertiary/aromatic N) is 1. The van der Waals surface area contributed by atoms with Gasteiger partial charge in [-0.15, -0.1) is 0 Å². The van der Waals surface area contributed by atoms with Gasteiger partial charge < -0.3 is 24.6 Å². The molecule has 0 saturated carbocycles. The van der Waals surface area contributed by atoms with E-state index < -0.39 is 42.3 Å². The summed E-state index contributed by atoms with van der Waals surface area (Å²) < 4.78 is 6.34. The van der Waals surface area contributed by atoms with Gasteiger partial charge in [0.2, 0.25) is 0 Å². The first kappa shape index (κ1) is 13.0. The Bertz CT molecular complexity index is 550. The summed E-state index contributed by atoms with van der Waals surface area (Å²) in [6.07, 6.45) is -3.41. The maximum absolute atomic E-state index is 11.6. The summed E-state index contributed by atoms with van der Waals surface area (Å²) in [7, 11) is 1.43. The van der Waals surface area contributed by atoms with Crippen molar-refractivity contribution >= 4 is 0 Å². The summed E-state index contributed by atoms with van der Waals surface area (Å²) in [4.78, 5) is 24.9. The van der Waals surface area contributed by atoms with E-state index in [2.05, 4.69) is 4.98 Å². The van der Waals surface area contributed by atoms with Gasteiger partial charge >= 0.3 is 5.69 Å². The fourth-order valence-corrected chi connectivity index (χ4v) is 1.94. The molecular formula is C10H14N2O6. The molecule has 0 aliphatic carbocycles. The quantitative estimate of drug-likeness (QED) is 0.455. The average molecular weight is 258 g/mol. The highest BCUT2D eigenvalue weighted by atomic mass is 16.6. The summed E-state index contributed by atoms with van der Waals surface area (Å²) in [6.45, 7) is -0.474. The average Bonchev–Trinajstić information content (AvgIpc) is 2.61. The number of aryl methyl sites for hydroxylation is 1. The Hall–Kier alpha value is -1.48. The molecule has 1 saturated heterocycles. The van der Waals surface area contributed by atoms with E-state index in [0.29, 0.717) is 0 Å². The van der Waals surface area contributed by atoms with E-state index in [4.69, 9.17) is 9.84 Å². The molecule has 1 aromatic heterocycles.